The van der Waals surface area contributed by atoms with Crippen LogP contribution in [0.1, 0.15) is 27.7 Å². The molecule has 3 rings (SSSR count). The van der Waals surface area contributed by atoms with Crippen LogP contribution in [0.4, 0.5) is 0 Å². The molecule has 5 heteroatoms. The molecule has 2 N–H and O–H groups in total. The zero-order chi connectivity index (χ0) is 17.6. The molecule has 25 heavy (non-hydrogen) atoms. The number of rotatable bonds is 5. The van der Waals surface area contributed by atoms with Crippen molar-refractivity contribution in [1.29, 1.82) is 5.26 Å². The number of furan rings is 1. The summed E-state index contributed by atoms with van der Waals surface area (Å²) in [4.78, 5) is 12.8. The highest BCUT2D eigenvalue weighted by molar-refractivity contribution is 6.01. The summed E-state index contributed by atoms with van der Waals surface area (Å²) in [5.41, 5.74) is 2.27. The molecule has 0 aliphatic rings. The van der Waals surface area contributed by atoms with E-state index in [9.17, 15) is 15.2 Å². The summed E-state index contributed by atoms with van der Waals surface area (Å²) >= 11 is 0. The number of aliphatic hydroxyl groups is 1. The number of hydrogen-bond acceptors (Lipinski definition) is 4. The Labute approximate surface area is 145 Å². The third-order valence-electron chi connectivity index (χ3n) is 3.88. The highest BCUT2D eigenvalue weighted by atomic mass is 16.3. The first-order chi connectivity index (χ1) is 12.2. The van der Waals surface area contributed by atoms with Crippen LogP contribution in [-0.4, -0.2) is 17.6 Å². The van der Waals surface area contributed by atoms with E-state index in [1.54, 1.807) is 48.5 Å². The quantitative estimate of drug-likeness (QED) is 0.751. The number of amides is 1. The maximum atomic E-state index is 12.8. The lowest BCUT2D eigenvalue weighted by Crippen LogP contribution is -2.30. The summed E-state index contributed by atoms with van der Waals surface area (Å²) in [6, 6.07) is 19.1. The van der Waals surface area contributed by atoms with Crippen molar-refractivity contribution in [3.8, 4) is 17.2 Å². The Morgan fingerprint density at radius 1 is 1.08 bits per heavy atom. The molecule has 0 fully saturated rings. The number of benzene rings is 2. The molecule has 0 spiro atoms. The fourth-order valence-electron chi connectivity index (χ4n) is 2.66. The topological polar surface area (TPSA) is 86.3 Å². The summed E-state index contributed by atoms with van der Waals surface area (Å²) < 4.78 is 5.26. The van der Waals surface area contributed by atoms with Crippen molar-refractivity contribution in [2.24, 2.45) is 0 Å². The molecule has 5 nitrogen and oxygen atoms in total. The van der Waals surface area contributed by atoms with Gasteiger partial charge in [-0.1, -0.05) is 36.4 Å². The fourth-order valence-corrected chi connectivity index (χ4v) is 2.66. The molecule has 0 bridgehead atoms. The summed E-state index contributed by atoms with van der Waals surface area (Å²) in [5, 5.41) is 21.6. The molecule has 0 aliphatic carbocycles. The Kier molecular flexibility index (Phi) is 4.93. The molecular formula is C20H16N2O3. The molecule has 0 saturated heterocycles. The molecule has 1 atom stereocenters. The lowest BCUT2D eigenvalue weighted by atomic mass is 9.95. The predicted molar refractivity (Wildman–Crippen MR) is 92.6 cm³/mol. The second kappa shape index (κ2) is 7.47. The van der Waals surface area contributed by atoms with Gasteiger partial charge in [-0.15, -0.1) is 0 Å². The maximum absolute atomic E-state index is 12.8. The molecule has 0 saturated carbocycles. The molecule has 3 aromatic rings. The average molecular weight is 332 g/mol. The zero-order valence-corrected chi connectivity index (χ0v) is 13.3. The molecular weight excluding hydrogens is 316 g/mol. The first-order valence-electron chi connectivity index (χ1n) is 7.78. The number of aliphatic hydroxyl groups excluding tert-OH is 1. The minimum Gasteiger partial charge on any atom is -0.467 e. The number of carbonyl (C=O) groups is 1. The van der Waals surface area contributed by atoms with Gasteiger partial charge >= 0.3 is 0 Å². The molecule has 1 amide bonds. The van der Waals surface area contributed by atoms with Crippen LogP contribution in [0.3, 0.4) is 0 Å². The van der Waals surface area contributed by atoms with Crippen molar-refractivity contribution >= 4 is 5.91 Å². The van der Waals surface area contributed by atoms with Gasteiger partial charge in [-0.3, -0.25) is 4.79 Å². The van der Waals surface area contributed by atoms with E-state index in [1.807, 2.05) is 12.1 Å². The maximum Gasteiger partial charge on any atom is 0.252 e. The van der Waals surface area contributed by atoms with Crippen LogP contribution >= 0.6 is 0 Å². The molecule has 0 aliphatic heterocycles. The van der Waals surface area contributed by atoms with Crippen LogP contribution in [0.2, 0.25) is 0 Å². The standard InChI is InChI=1S/C20H16N2O3/c21-12-14-6-1-2-7-15(14)16-8-3-4-9-17(16)20(24)22-18(13-23)19-10-5-11-25-19/h1-11,18,23H,13H2,(H,22,24). The number of nitrogens with one attached hydrogen (secondary N) is 1. The van der Waals surface area contributed by atoms with Crippen molar-refractivity contribution in [2.45, 2.75) is 6.04 Å². The molecule has 1 heterocycles. The highest BCUT2D eigenvalue weighted by Gasteiger charge is 2.20. The van der Waals surface area contributed by atoms with Crippen molar-refractivity contribution in [3.05, 3.63) is 83.8 Å². The Bertz CT molecular complexity index is 911. The second-order valence-corrected chi connectivity index (χ2v) is 5.43. The normalized spacial score (nSPS) is 11.5. The van der Waals surface area contributed by atoms with E-state index in [1.165, 1.54) is 6.26 Å². The van der Waals surface area contributed by atoms with E-state index in [4.69, 9.17) is 4.42 Å². The molecule has 2 aromatic carbocycles. The summed E-state index contributed by atoms with van der Waals surface area (Å²) in [6.07, 6.45) is 1.49. The van der Waals surface area contributed by atoms with Gasteiger partial charge < -0.3 is 14.8 Å². The summed E-state index contributed by atoms with van der Waals surface area (Å²) in [7, 11) is 0. The van der Waals surface area contributed by atoms with Crippen molar-refractivity contribution in [1.82, 2.24) is 5.32 Å². The van der Waals surface area contributed by atoms with Gasteiger partial charge in [-0.2, -0.15) is 5.26 Å². The van der Waals surface area contributed by atoms with Crippen LogP contribution < -0.4 is 5.32 Å². The second-order valence-electron chi connectivity index (χ2n) is 5.43. The monoisotopic (exact) mass is 332 g/mol. The fraction of sp³-hybridized carbons (Fsp3) is 0.100. The van der Waals surface area contributed by atoms with E-state index in [-0.39, 0.29) is 12.5 Å². The minimum absolute atomic E-state index is 0.282. The Balaban J connectivity index is 1.96. The minimum atomic E-state index is -0.637. The molecule has 124 valence electrons. The van der Waals surface area contributed by atoms with Crippen LogP contribution in [0, 0.1) is 11.3 Å². The Morgan fingerprint density at radius 3 is 2.48 bits per heavy atom. The Hall–Kier alpha value is -3.36. The van der Waals surface area contributed by atoms with Gasteiger partial charge in [-0.25, -0.2) is 0 Å². The van der Waals surface area contributed by atoms with Gasteiger partial charge in [-0.05, 0) is 29.8 Å². The largest absolute Gasteiger partial charge is 0.467 e. The number of hydrogen-bond donors (Lipinski definition) is 2. The van der Waals surface area contributed by atoms with Crippen LogP contribution in [0.5, 0.6) is 0 Å². The highest BCUT2D eigenvalue weighted by Crippen LogP contribution is 2.27. The zero-order valence-electron chi connectivity index (χ0n) is 13.3. The lowest BCUT2D eigenvalue weighted by Gasteiger charge is -2.16. The predicted octanol–water partition coefficient (Wildman–Crippen LogP) is 3.28. The van der Waals surface area contributed by atoms with E-state index >= 15 is 0 Å². The third-order valence-corrected chi connectivity index (χ3v) is 3.88. The average Bonchev–Trinajstić information content (AvgIpc) is 3.20. The van der Waals surface area contributed by atoms with Crippen molar-refractivity contribution in [2.75, 3.05) is 6.61 Å². The SMILES string of the molecule is N#Cc1ccccc1-c1ccccc1C(=O)NC(CO)c1ccco1. The lowest BCUT2D eigenvalue weighted by molar-refractivity contribution is 0.0908. The van der Waals surface area contributed by atoms with Gasteiger partial charge in [0.05, 0.1) is 24.5 Å². The number of carbonyl (C=O) groups excluding carboxylic acids is 1. The molecule has 0 radical (unpaired) electrons. The van der Waals surface area contributed by atoms with E-state index < -0.39 is 6.04 Å². The van der Waals surface area contributed by atoms with Crippen LogP contribution in [-0.2, 0) is 0 Å². The van der Waals surface area contributed by atoms with Gasteiger partial charge in [0.1, 0.15) is 11.8 Å². The third kappa shape index (κ3) is 3.44. The van der Waals surface area contributed by atoms with Crippen LogP contribution in [0.25, 0.3) is 11.1 Å². The Morgan fingerprint density at radius 2 is 1.80 bits per heavy atom. The van der Waals surface area contributed by atoms with E-state index in [2.05, 4.69) is 11.4 Å². The van der Waals surface area contributed by atoms with Gasteiger partial charge in [0.25, 0.3) is 5.91 Å². The van der Waals surface area contributed by atoms with Gasteiger partial charge in [0.15, 0.2) is 0 Å². The first-order valence-corrected chi connectivity index (χ1v) is 7.78. The van der Waals surface area contributed by atoms with Crippen molar-refractivity contribution in [3.63, 3.8) is 0 Å². The smallest absolute Gasteiger partial charge is 0.252 e. The van der Waals surface area contributed by atoms with Crippen LogP contribution in [0.15, 0.2) is 71.3 Å². The van der Waals surface area contributed by atoms with Crippen molar-refractivity contribution < 1.29 is 14.3 Å². The number of nitrogens with zero attached hydrogens (tertiary/aromatic N) is 1. The first kappa shape index (κ1) is 16.5. The molecule has 1 unspecified atom stereocenters. The summed E-state index contributed by atoms with van der Waals surface area (Å²) in [6.45, 7) is -0.282. The molecule has 1 aromatic heterocycles. The van der Waals surface area contributed by atoms with Gasteiger partial charge in [0, 0.05) is 11.1 Å². The van der Waals surface area contributed by atoms with E-state index in [0.29, 0.717) is 28.0 Å². The van der Waals surface area contributed by atoms with E-state index in [0.717, 1.165) is 0 Å². The number of nitriles is 1. The summed E-state index contributed by atoms with van der Waals surface area (Å²) in [5.74, 6) is 0.129. The van der Waals surface area contributed by atoms with Gasteiger partial charge in [0.2, 0.25) is 0 Å².